The van der Waals surface area contributed by atoms with Crippen LogP contribution in [0.2, 0.25) is 0 Å². The third-order valence-corrected chi connectivity index (χ3v) is 2.11. The average molecular weight is 239 g/mol. The summed E-state index contributed by atoms with van der Waals surface area (Å²) < 4.78 is 10.3. The van der Waals surface area contributed by atoms with Crippen LogP contribution in [0.5, 0.6) is 5.88 Å². The van der Waals surface area contributed by atoms with E-state index in [1.807, 2.05) is 25.1 Å². The predicted molar refractivity (Wildman–Crippen MR) is 68.6 cm³/mol. The van der Waals surface area contributed by atoms with E-state index < -0.39 is 0 Å². The highest BCUT2D eigenvalue weighted by Crippen LogP contribution is 2.10. The maximum atomic E-state index is 5.32. The Morgan fingerprint density at radius 3 is 2.88 bits per heavy atom. The normalized spacial score (nSPS) is 10.2. The zero-order chi connectivity index (χ0) is 12.3. The Bertz CT molecular complexity index is 308. The lowest BCUT2D eigenvalue weighted by Crippen LogP contribution is -2.25. The molecule has 0 unspecified atom stereocenters. The fourth-order valence-electron chi connectivity index (χ4n) is 1.32. The second-order valence-corrected chi connectivity index (χ2v) is 3.46. The highest BCUT2D eigenvalue weighted by Gasteiger charge is 1.96. The molecule has 1 aromatic heterocycles. The van der Waals surface area contributed by atoms with Gasteiger partial charge in [0.05, 0.1) is 13.2 Å². The van der Waals surface area contributed by atoms with Gasteiger partial charge in [0.15, 0.2) is 0 Å². The summed E-state index contributed by atoms with van der Waals surface area (Å²) in [4.78, 5) is 4.31. The molecule has 0 saturated carbocycles. The Morgan fingerprint density at radius 2 is 2.12 bits per heavy atom. The number of methoxy groups -OCH3 is 1. The van der Waals surface area contributed by atoms with E-state index in [-0.39, 0.29) is 0 Å². The van der Waals surface area contributed by atoms with Crippen LogP contribution in [0.1, 0.15) is 6.92 Å². The van der Waals surface area contributed by atoms with Gasteiger partial charge in [-0.05, 0) is 13.0 Å². The number of aromatic nitrogens is 1. The highest BCUT2D eigenvalue weighted by molar-refractivity contribution is 5.36. The molecule has 5 nitrogen and oxygen atoms in total. The van der Waals surface area contributed by atoms with Crippen LogP contribution in [-0.2, 0) is 4.74 Å². The standard InChI is InChI=1S/C12H21N3O2/c1-3-17-12-6-4-5-11(15-12)14-8-7-13-9-10-16-2/h4-6,13H,3,7-10H2,1-2H3,(H,14,15). The fourth-order valence-corrected chi connectivity index (χ4v) is 1.32. The molecule has 1 rings (SSSR count). The summed E-state index contributed by atoms with van der Waals surface area (Å²) in [5.74, 6) is 1.49. The van der Waals surface area contributed by atoms with Gasteiger partial charge in [0.2, 0.25) is 5.88 Å². The molecule has 1 aromatic rings. The van der Waals surface area contributed by atoms with E-state index in [0.717, 1.165) is 32.1 Å². The summed E-state index contributed by atoms with van der Waals surface area (Å²) in [7, 11) is 1.70. The molecule has 0 spiro atoms. The molecule has 1 heterocycles. The molecular weight excluding hydrogens is 218 g/mol. The monoisotopic (exact) mass is 239 g/mol. The molecule has 17 heavy (non-hydrogen) atoms. The first-order valence-electron chi connectivity index (χ1n) is 5.90. The third-order valence-electron chi connectivity index (χ3n) is 2.11. The number of ether oxygens (including phenoxy) is 2. The molecule has 0 aliphatic heterocycles. The topological polar surface area (TPSA) is 55.4 Å². The summed E-state index contributed by atoms with van der Waals surface area (Å²) in [6, 6.07) is 5.71. The van der Waals surface area contributed by atoms with Crippen molar-refractivity contribution in [2.24, 2.45) is 0 Å². The quantitative estimate of drug-likeness (QED) is 0.633. The molecule has 0 aliphatic rings. The van der Waals surface area contributed by atoms with Gasteiger partial charge in [0.1, 0.15) is 5.82 Å². The van der Waals surface area contributed by atoms with Crippen LogP contribution in [-0.4, -0.2) is 44.9 Å². The minimum atomic E-state index is 0.634. The van der Waals surface area contributed by atoms with Gasteiger partial charge >= 0.3 is 0 Å². The summed E-state index contributed by atoms with van der Waals surface area (Å²) in [6.45, 7) is 5.88. The number of nitrogens with one attached hydrogen (secondary N) is 2. The largest absolute Gasteiger partial charge is 0.478 e. The Kier molecular flexibility index (Phi) is 7.09. The van der Waals surface area contributed by atoms with Crippen LogP contribution in [0, 0.1) is 0 Å². The van der Waals surface area contributed by atoms with E-state index in [2.05, 4.69) is 15.6 Å². The van der Waals surface area contributed by atoms with Crippen LogP contribution in [0.15, 0.2) is 18.2 Å². The van der Waals surface area contributed by atoms with Gasteiger partial charge in [-0.1, -0.05) is 6.07 Å². The highest BCUT2D eigenvalue weighted by atomic mass is 16.5. The van der Waals surface area contributed by atoms with Crippen molar-refractivity contribution < 1.29 is 9.47 Å². The smallest absolute Gasteiger partial charge is 0.215 e. The van der Waals surface area contributed by atoms with Crippen molar-refractivity contribution in [3.63, 3.8) is 0 Å². The molecule has 2 N–H and O–H groups in total. The number of nitrogens with zero attached hydrogens (tertiary/aromatic N) is 1. The number of hydrogen-bond donors (Lipinski definition) is 2. The lowest BCUT2D eigenvalue weighted by molar-refractivity contribution is 0.200. The molecule has 0 aromatic carbocycles. The molecule has 0 amide bonds. The third kappa shape index (κ3) is 6.09. The summed E-state index contributed by atoms with van der Waals surface area (Å²) in [5.41, 5.74) is 0. The zero-order valence-corrected chi connectivity index (χ0v) is 10.5. The molecule has 0 aliphatic carbocycles. The lowest BCUT2D eigenvalue weighted by Gasteiger charge is -2.08. The van der Waals surface area contributed by atoms with Crippen molar-refractivity contribution in [2.75, 3.05) is 45.3 Å². The SMILES string of the molecule is CCOc1cccc(NCCNCCOC)n1. The average Bonchev–Trinajstić information content (AvgIpc) is 2.35. The van der Waals surface area contributed by atoms with Crippen molar-refractivity contribution in [1.82, 2.24) is 10.3 Å². The maximum Gasteiger partial charge on any atom is 0.215 e. The minimum Gasteiger partial charge on any atom is -0.478 e. The van der Waals surface area contributed by atoms with Crippen molar-refractivity contribution in [3.8, 4) is 5.88 Å². The summed E-state index contributed by atoms with van der Waals surface area (Å²) >= 11 is 0. The molecule has 0 saturated heterocycles. The van der Waals surface area contributed by atoms with Gasteiger partial charge in [0.25, 0.3) is 0 Å². The Labute approximate surface area is 103 Å². The maximum absolute atomic E-state index is 5.32. The van der Waals surface area contributed by atoms with Crippen molar-refractivity contribution >= 4 is 5.82 Å². The first-order chi connectivity index (χ1) is 8.36. The summed E-state index contributed by atoms with van der Waals surface area (Å²) in [6.07, 6.45) is 0. The second kappa shape index (κ2) is 8.78. The number of anilines is 1. The van der Waals surface area contributed by atoms with Gasteiger partial charge in [-0.2, -0.15) is 4.98 Å². The van der Waals surface area contributed by atoms with Gasteiger partial charge in [-0.15, -0.1) is 0 Å². The van der Waals surface area contributed by atoms with E-state index in [0.29, 0.717) is 12.5 Å². The van der Waals surface area contributed by atoms with Gasteiger partial charge in [-0.25, -0.2) is 0 Å². The lowest BCUT2D eigenvalue weighted by atomic mass is 10.4. The second-order valence-electron chi connectivity index (χ2n) is 3.46. The van der Waals surface area contributed by atoms with E-state index in [1.54, 1.807) is 7.11 Å². The van der Waals surface area contributed by atoms with Crippen molar-refractivity contribution in [1.29, 1.82) is 0 Å². The van der Waals surface area contributed by atoms with Crippen LogP contribution in [0.25, 0.3) is 0 Å². The van der Waals surface area contributed by atoms with Gasteiger partial charge < -0.3 is 20.1 Å². The van der Waals surface area contributed by atoms with E-state index in [4.69, 9.17) is 9.47 Å². The molecular formula is C12H21N3O2. The van der Waals surface area contributed by atoms with Crippen LogP contribution in [0.3, 0.4) is 0 Å². The Hall–Kier alpha value is -1.33. The van der Waals surface area contributed by atoms with Gasteiger partial charge in [-0.3, -0.25) is 0 Å². The minimum absolute atomic E-state index is 0.634. The number of pyridine rings is 1. The van der Waals surface area contributed by atoms with Crippen LogP contribution in [0.4, 0.5) is 5.82 Å². The molecule has 96 valence electrons. The molecule has 0 radical (unpaired) electrons. The van der Waals surface area contributed by atoms with Crippen LogP contribution >= 0.6 is 0 Å². The first kappa shape index (κ1) is 13.7. The van der Waals surface area contributed by atoms with Crippen molar-refractivity contribution in [2.45, 2.75) is 6.92 Å². The first-order valence-corrected chi connectivity index (χ1v) is 5.90. The fraction of sp³-hybridized carbons (Fsp3) is 0.583. The van der Waals surface area contributed by atoms with Crippen LogP contribution < -0.4 is 15.4 Å². The van der Waals surface area contributed by atoms with E-state index in [9.17, 15) is 0 Å². The van der Waals surface area contributed by atoms with E-state index in [1.165, 1.54) is 0 Å². The molecule has 0 atom stereocenters. The Morgan fingerprint density at radius 1 is 1.24 bits per heavy atom. The molecule has 5 heteroatoms. The predicted octanol–water partition coefficient (Wildman–Crippen LogP) is 1.13. The Balaban J connectivity index is 2.19. The van der Waals surface area contributed by atoms with E-state index >= 15 is 0 Å². The van der Waals surface area contributed by atoms with Gasteiger partial charge in [0, 0.05) is 32.8 Å². The molecule has 0 bridgehead atoms. The number of rotatable bonds is 9. The summed E-state index contributed by atoms with van der Waals surface area (Å²) in [5, 5.41) is 6.48. The zero-order valence-electron chi connectivity index (χ0n) is 10.5. The number of hydrogen-bond acceptors (Lipinski definition) is 5. The molecule has 0 fully saturated rings. The van der Waals surface area contributed by atoms with Crippen molar-refractivity contribution in [3.05, 3.63) is 18.2 Å².